The predicted molar refractivity (Wildman–Crippen MR) is 78.2 cm³/mol. The first-order chi connectivity index (χ1) is 10.6. The molecule has 3 saturated heterocycles. The summed E-state index contributed by atoms with van der Waals surface area (Å²) in [5.74, 6) is -2.24. The van der Waals surface area contributed by atoms with Gasteiger partial charge in [0, 0.05) is 12.6 Å². The summed E-state index contributed by atoms with van der Waals surface area (Å²) < 4.78 is 5.91. The topological polar surface area (TPSA) is 70.1 Å². The van der Waals surface area contributed by atoms with Gasteiger partial charge >= 0.3 is 5.97 Å². The van der Waals surface area contributed by atoms with E-state index in [0.29, 0.717) is 19.1 Å². The van der Waals surface area contributed by atoms with E-state index >= 15 is 0 Å². The zero-order valence-corrected chi connectivity index (χ0v) is 12.8. The minimum Gasteiger partial charge on any atom is -0.481 e. The summed E-state index contributed by atoms with van der Waals surface area (Å²) in [6, 6.07) is 0.397. The second-order valence-corrected chi connectivity index (χ2v) is 6.88. The molecule has 0 aliphatic carbocycles. The van der Waals surface area contributed by atoms with E-state index in [1.54, 1.807) is 0 Å². The fourth-order valence-corrected chi connectivity index (χ4v) is 4.79. The fourth-order valence-electron chi connectivity index (χ4n) is 4.79. The molecule has 4 aliphatic heterocycles. The highest BCUT2D eigenvalue weighted by Crippen LogP contribution is 2.51. The third kappa shape index (κ3) is 1.80. The van der Waals surface area contributed by atoms with Crippen molar-refractivity contribution in [3.8, 4) is 0 Å². The van der Waals surface area contributed by atoms with Crippen molar-refractivity contribution < 1.29 is 19.4 Å². The fraction of sp³-hybridized carbons (Fsp3) is 0.750. The molecule has 1 amide bonds. The number of aliphatic carboxylic acids is 1. The van der Waals surface area contributed by atoms with E-state index in [1.165, 1.54) is 6.42 Å². The molecule has 22 heavy (non-hydrogen) atoms. The molecule has 5 atom stereocenters. The Hall–Kier alpha value is -1.40. The number of hydrogen-bond donors (Lipinski definition) is 1. The van der Waals surface area contributed by atoms with Gasteiger partial charge in [0.15, 0.2) is 0 Å². The average molecular weight is 306 g/mol. The Bertz CT molecular complexity index is 548. The number of carbonyl (C=O) groups is 2. The zero-order chi connectivity index (χ0) is 15.5. The summed E-state index contributed by atoms with van der Waals surface area (Å²) >= 11 is 0. The van der Waals surface area contributed by atoms with Gasteiger partial charge < -0.3 is 14.7 Å². The van der Waals surface area contributed by atoms with Gasteiger partial charge in [0.1, 0.15) is 11.5 Å². The number of nitrogens with zero attached hydrogens (tertiary/aromatic N) is 2. The summed E-state index contributed by atoms with van der Waals surface area (Å²) in [6.45, 7) is 5.43. The Kier molecular flexibility index (Phi) is 3.10. The molecule has 120 valence electrons. The Morgan fingerprint density at radius 2 is 2.36 bits per heavy atom. The SMILES string of the molecule is CCN1CCC[C@@H]1CN1C[C@]23C=C[C@H](O2)[C@H](C(=O)O)[C@@H]3C1=O. The van der Waals surface area contributed by atoms with Crippen molar-refractivity contribution in [2.24, 2.45) is 11.8 Å². The average Bonchev–Trinajstić information content (AvgIpc) is 3.21. The van der Waals surface area contributed by atoms with Crippen LogP contribution in [0.25, 0.3) is 0 Å². The third-order valence-corrected chi connectivity index (χ3v) is 5.80. The van der Waals surface area contributed by atoms with Gasteiger partial charge in [-0.2, -0.15) is 0 Å². The molecule has 0 radical (unpaired) electrons. The Balaban J connectivity index is 1.55. The number of amides is 1. The maximum atomic E-state index is 12.8. The van der Waals surface area contributed by atoms with Crippen LogP contribution >= 0.6 is 0 Å². The second kappa shape index (κ2) is 4.80. The highest BCUT2D eigenvalue weighted by atomic mass is 16.5. The van der Waals surface area contributed by atoms with Crippen LogP contribution in [0.5, 0.6) is 0 Å². The number of hydrogen-bond acceptors (Lipinski definition) is 4. The van der Waals surface area contributed by atoms with Crippen LogP contribution in [0.2, 0.25) is 0 Å². The summed E-state index contributed by atoms with van der Waals surface area (Å²) in [5.41, 5.74) is -0.694. The van der Waals surface area contributed by atoms with E-state index in [4.69, 9.17) is 4.74 Å². The second-order valence-electron chi connectivity index (χ2n) is 6.88. The van der Waals surface area contributed by atoms with Gasteiger partial charge in [-0.05, 0) is 25.9 Å². The van der Waals surface area contributed by atoms with Crippen LogP contribution in [0, 0.1) is 11.8 Å². The molecule has 2 bridgehead atoms. The first-order valence-electron chi connectivity index (χ1n) is 8.18. The summed E-state index contributed by atoms with van der Waals surface area (Å²) in [6.07, 6.45) is 5.58. The molecule has 4 heterocycles. The lowest BCUT2D eigenvalue weighted by molar-refractivity contribution is -0.148. The van der Waals surface area contributed by atoms with Crippen LogP contribution in [0.3, 0.4) is 0 Å². The molecule has 0 aromatic heterocycles. The van der Waals surface area contributed by atoms with Gasteiger partial charge in [-0.15, -0.1) is 0 Å². The van der Waals surface area contributed by atoms with Crippen molar-refractivity contribution in [2.75, 3.05) is 26.2 Å². The van der Waals surface area contributed by atoms with Crippen LogP contribution < -0.4 is 0 Å². The Labute approximate surface area is 129 Å². The van der Waals surface area contributed by atoms with Crippen LogP contribution in [0.4, 0.5) is 0 Å². The van der Waals surface area contributed by atoms with Gasteiger partial charge in [-0.1, -0.05) is 19.1 Å². The van der Waals surface area contributed by atoms with Gasteiger partial charge in [-0.25, -0.2) is 0 Å². The molecular weight excluding hydrogens is 284 g/mol. The summed E-state index contributed by atoms with van der Waals surface area (Å²) in [4.78, 5) is 28.6. The highest BCUT2D eigenvalue weighted by molar-refractivity contribution is 5.90. The first kappa shape index (κ1) is 14.2. The molecule has 0 aromatic carbocycles. The number of ether oxygens (including phenoxy) is 1. The smallest absolute Gasteiger partial charge is 0.310 e. The van der Waals surface area contributed by atoms with E-state index in [0.717, 1.165) is 19.5 Å². The number of carboxylic acid groups (broad SMARTS) is 1. The minimum atomic E-state index is -0.924. The molecule has 0 unspecified atom stereocenters. The zero-order valence-electron chi connectivity index (χ0n) is 12.8. The quantitative estimate of drug-likeness (QED) is 0.758. The van der Waals surface area contributed by atoms with Crippen molar-refractivity contribution in [3.05, 3.63) is 12.2 Å². The van der Waals surface area contributed by atoms with Crippen LogP contribution in [-0.4, -0.2) is 70.7 Å². The molecule has 4 rings (SSSR count). The molecule has 1 N–H and O–H groups in total. The van der Waals surface area contributed by atoms with E-state index in [1.807, 2.05) is 17.1 Å². The van der Waals surface area contributed by atoms with E-state index in [-0.39, 0.29) is 5.91 Å². The predicted octanol–water partition coefficient (Wildman–Crippen LogP) is 0.337. The molecule has 0 saturated carbocycles. The summed E-state index contributed by atoms with van der Waals surface area (Å²) in [7, 11) is 0. The van der Waals surface area contributed by atoms with Crippen molar-refractivity contribution in [1.82, 2.24) is 9.80 Å². The number of rotatable bonds is 4. The standard InChI is InChI=1S/C16H22N2O4/c1-2-17-7-3-4-10(17)8-18-9-16-6-5-11(22-16)12(15(20)21)13(16)14(18)19/h5-6,10-13H,2-4,7-9H2,1H3,(H,20,21)/t10-,11+,12+,13-,16+/m1/s1. The highest BCUT2D eigenvalue weighted by Gasteiger charge is 2.67. The minimum absolute atomic E-state index is 0.0396. The van der Waals surface area contributed by atoms with Crippen LogP contribution in [-0.2, 0) is 14.3 Å². The van der Waals surface area contributed by atoms with Gasteiger partial charge in [0.2, 0.25) is 5.91 Å². The molecule has 0 aromatic rings. The number of likely N-dealkylation sites (N-methyl/N-ethyl adjacent to an activating group) is 1. The van der Waals surface area contributed by atoms with Crippen molar-refractivity contribution in [2.45, 2.75) is 37.5 Å². The molecule has 6 heteroatoms. The third-order valence-electron chi connectivity index (χ3n) is 5.80. The Morgan fingerprint density at radius 1 is 1.55 bits per heavy atom. The number of carbonyl (C=O) groups excluding carboxylic acids is 1. The lowest BCUT2D eigenvalue weighted by Gasteiger charge is -2.29. The van der Waals surface area contributed by atoms with Crippen LogP contribution in [0.15, 0.2) is 12.2 Å². The lowest BCUT2D eigenvalue weighted by Crippen LogP contribution is -2.43. The van der Waals surface area contributed by atoms with Gasteiger partial charge in [-0.3, -0.25) is 14.5 Å². The molecule has 3 fully saturated rings. The van der Waals surface area contributed by atoms with Crippen molar-refractivity contribution >= 4 is 11.9 Å². The maximum absolute atomic E-state index is 12.8. The van der Waals surface area contributed by atoms with E-state index < -0.39 is 29.5 Å². The molecule has 1 spiro atoms. The molecule has 6 nitrogen and oxygen atoms in total. The van der Waals surface area contributed by atoms with E-state index in [9.17, 15) is 14.7 Å². The Morgan fingerprint density at radius 3 is 3.09 bits per heavy atom. The number of likely N-dealkylation sites (tertiary alicyclic amines) is 2. The number of carboxylic acids is 1. The largest absolute Gasteiger partial charge is 0.481 e. The van der Waals surface area contributed by atoms with Crippen molar-refractivity contribution in [3.63, 3.8) is 0 Å². The number of fused-ring (bicyclic) bond motifs is 1. The van der Waals surface area contributed by atoms with Crippen molar-refractivity contribution in [1.29, 1.82) is 0 Å². The normalized spacial score (nSPS) is 43.3. The first-order valence-corrected chi connectivity index (χ1v) is 8.18. The van der Waals surface area contributed by atoms with Crippen LogP contribution in [0.1, 0.15) is 19.8 Å². The molecule has 4 aliphatic rings. The molecular formula is C16H22N2O4. The lowest BCUT2D eigenvalue weighted by atomic mass is 9.77. The monoisotopic (exact) mass is 306 g/mol. The van der Waals surface area contributed by atoms with Gasteiger partial charge in [0.05, 0.1) is 18.6 Å². The summed E-state index contributed by atoms with van der Waals surface area (Å²) in [5, 5.41) is 9.45. The maximum Gasteiger partial charge on any atom is 0.310 e. The van der Waals surface area contributed by atoms with Gasteiger partial charge in [0.25, 0.3) is 0 Å². The van der Waals surface area contributed by atoms with E-state index in [2.05, 4.69) is 11.8 Å².